The van der Waals surface area contributed by atoms with Gasteiger partial charge in [0.25, 0.3) is 0 Å². The van der Waals surface area contributed by atoms with Crippen molar-refractivity contribution in [3.05, 3.63) is 15.5 Å². The second-order valence-electron chi connectivity index (χ2n) is 3.63. The highest BCUT2D eigenvalue weighted by Crippen LogP contribution is 2.20. The first-order chi connectivity index (χ1) is 7.13. The maximum absolute atomic E-state index is 5.79. The maximum atomic E-state index is 5.79. The van der Waals surface area contributed by atoms with Gasteiger partial charge in [0.1, 0.15) is 0 Å². The Bertz CT molecular complexity index is 291. The quantitative estimate of drug-likeness (QED) is 0.784. The fourth-order valence-electron chi connectivity index (χ4n) is 1.27. The van der Waals surface area contributed by atoms with E-state index in [9.17, 15) is 0 Å². The molecule has 0 aromatic carbocycles. The minimum absolute atomic E-state index is 0.610. The van der Waals surface area contributed by atoms with Crippen LogP contribution in [0.5, 0.6) is 0 Å². The van der Waals surface area contributed by atoms with Crippen LogP contribution < -0.4 is 0 Å². The molecule has 0 saturated heterocycles. The number of rotatable bonds is 6. The van der Waals surface area contributed by atoms with Crippen molar-refractivity contribution < 1.29 is 0 Å². The van der Waals surface area contributed by atoms with E-state index in [0.717, 1.165) is 6.54 Å². The van der Waals surface area contributed by atoms with Gasteiger partial charge >= 0.3 is 0 Å². The van der Waals surface area contributed by atoms with Crippen LogP contribution >= 0.6 is 34.7 Å². The summed E-state index contributed by atoms with van der Waals surface area (Å²) in [5.74, 6) is 1.22. The van der Waals surface area contributed by atoms with E-state index in [-0.39, 0.29) is 0 Å². The van der Waals surface area contributed by atoms with Crippen molar-refractivity contribution in [2.45, 2.75) is 25.9 Å². The third-order valence-electron chi connectivity index (χ3n) is 2.42. The summed E-state index contributed by atoms with van der Waals surface area (Å²) in [6.45, 7) is 3.21. The predicted molar refractivity (Wildman–Crippen MR) is 71.1 cm³/mol. The third kappa shape index (κ3) is 4.72. The summed E-state index contributed by atoms with van der Waals surface area (Å²) in [7, 11) is 2.15. The van der Waals surface area contributed by atoms with Gasteiger partial charge in [0, 0.05) is 23.7 Å². The molecule has 0 N–H and O–H groups in total. The maximum Gasteiger partial charge on any atom is 0.183 e. The summed E-state index contributed by atoms with van der Waals surface area (Å²) in [5, 5.41) is 0. The van der Waals surface area contributed by atoms with Crippen LogP contribution in [0.4, 0.5) is 0 Å². The molecule has 1 unspecified atom stereocenters. The molecule has 15 heavy (non-hydrogen) atoms. The summed E-state index contributed by atoms with van der Waals surface area (Å²) < 4.78 is 0.634. The number of nitrogens with zero attached hydrogens (tertiary/aromatic N) is 2. The van der Waals surface area contributed by atoms with E-state index >= 15 is 0 Å². The lowest BCUT2D eigenvalue weighted by Gasteiger charge is -2.23. The molecule has 0 amide bonds. The molecule has 0 bridgehead atoms. The van der Waals surface area contributed by atoms with Gasteiger partial charge < -0.3 is 0 Å². The van der Waals surface area contributed by atoms with Gasteiger partial charge in [-0.05, 0) is 32.4 Å². The molecule has 0 aliphatic rings. The smallest absolute Gasteiger partial charge is 0.183 e. The van der Waals surface area contributed by atoms with Gasteiger partial charge in [-0.15, -0.1) is 11.3 Å². The molecule has 0 aliphatic carbocycles. The third-order valence-corrected chi connectivity index (χ3v) is 4.17. The van der Waals surface area contributed by atoms with Crippen LogP contribution in [0.3, 0.4) is 0 Å². The van der Waals surface area contributed by atoms with Crippen molar-refractivity contribution in [1.29, 1.82) is 0 Å². The average molecular weight is 265 g/mol. The number of halogens is 1. The summed E-state index contributed by atoms with van der Waals surface area (Å²) in [5.41, 5.74) is 0. The molecule has 1 atom stereocenters. The van der Waals surface area contributed by atoms with E-state index in [1.54, 1.807) is 11.3 Å². The Morgan fingerprint density at radius 1 is 1.67 bits per heavy atom. The molecule has 0 spiro atoms. The zero-order valence-corrected chi connectivity index (χ0v) is 11.8. The average Bonchev–Trinajstić information content (AvgIpc) is 2.60. The Morgan fingerprint density at radius 2 is 2.40 bits per heavy atom. The van der Waals surface area contributed by atoms with Crippen LogP contribution in [0.15, 0.2) is 6.20 Å². The lowest BCUT2D eigenvalue weighted by molar-refractivity contribution is 0.247. The lowest BCUT2D eigenvalue weighted by Crippen LogP contribution is -2.28. The van der Waals surface area contributed by atoms with E-state index in [0.29, 0.717) is 10.5 Å². The molecule has 0 fully saturated rings. The van der Waals surface area contributed by atoms with Gasteiger partial charge in [0.15, 0.2) is 4.47 Å². The molecule has 2 nitrogen and oxygen atoms in total. The molecule has 1 aromatic heterocycles. The van der Waals surface area contributed by atoms with E-state index in [1.165, 1.54) is 17.1 Å². The first-order valence-corrected chi connectivity index (χ1v) is 7.51. The molecular formula is C10H17ClN2S2. The van der Waals surface area contributed by atoms with Gasteiger partial charge in [-0.2, -0.15) is 11.8 Å². The Morgan fingerprint density at radius 3 is 2.93 bits per heavy atom. The van der Waals surface area contributed by atoms with E-state index in [4.69, 9.17) is 11.6 Å². The summed E-state index contributed by atoms with van der Waals surface area (Å²) >= 11 is 9.26. The summed E-state index contributed by atoms with van der Waals surface area (Å²) in [6.07, 6.45) is 5.24. The molecule has 5 heteroatoms. The number of thiazole rings is 1. The molecular weight excluding hydrogens is 248 g/mol. The molecule has 0 aliphatic heterocycles. The second-order valence-corrected chi connectivity index (χ2v) is 6.31. The molecule has 86 valence electrons. The molecule has 1 heterocycles. The topological polar surface area (TPSA) is 16.1 Å². The Labute approximate surface area is 105 Å². The predicted octanol–water partition coefficient (Wildman–Crippen LogP) is 3.37. The van der Waals surface area contributed by atoms with E-state index in [2.05, 4.69) is 30.1 Å². The molecule has 1 aromatic rings. The van der Waals surface area contributed by atoms with Gasteiger partial charge in [0.05, 0.1) is 0 Å². The Balaban J connectivity index is 2.37. The standard InChI is InChI=1S/C10H17ClN2S2/c1-8(4-5-14-3)13(2)7-9-6-12-10(11)15-9/h6,8H,4-5,7H2,1-3H3. The summed E-state index contributed by atoms with van der Waals surface area (Å²) in [6, 6.07) is 0.610. The highest BCUT2D eigenvalue weighted by Gasteiger charge is 2.10. The normalized spacial score (nSPS) is 13.4. The van der Waals surface area contributed by atoms with E-state index in [1.807, 2.05) is 18.0 Å². The molecule has 0 saturated carbocycles. The Hall–Kier alpha value is 0.230. The van der Waals surface area contributed by atoms with Crippen LogP contribution in [0.2, 0.25) is 4.47 Å². The first-order valence-electron chi connectivity index (χ1n) is 4.93. The van der Waals surface area contributed by atoms with Crippen molar-refractivity contribution in [3.8, 4) is 0 Å². The second kappa shape index (κ2) is 6.74. The number of thioether (sulfide) groups is 1. The zero-order chi connectivity index (χ0) is 11.3. The van der Waals surface area contributed by atoms with Gasteiger partial charge in [0.2, 0.25) is 0 Å². The van der Waals surface area contributed by atoms with Gasteiger partial charge in [-0.1, -0.05) is 11.6 Å². The highest BCUT2D eigenvalue weighted by molar-refractivity contribution is 7.98. The van der Waals surface area contributed by atoms with Crippen LogP contribution in [-0.4, -0.2) is 35.0 Å². The summed E-state index contributed by atoms with van der Waals surface area (Å²) in [4.78, 5) is 7.63. The van der Waals surface area contributed by atoms with Crippen molar-refractivity contribution in [2.75, 3.05) is 19.1 Å². The van der Waals surface area contributed by atoms with E-state index < -0.39 is 0 Å². The van der Waals surface area contributed by atoms with Crippen molar-refractivity contribution in [2.24, 2.45) is 0 Å². The molecule has 0 radical (unpaired) electrons. The van der Waals surface area contributed by atoms with Crippen LogP contribution in [-0.2, 0) is 6.54 Å². The largest absolute Gasteiger partial charge is 0.299 e. The fourth-order valence-corrected chi connectivity index (χ4v) is 2.89. The number of aromatic nitrogens is 1. The number of hydrogen-bond acceptors (Lipinski definition) is 4. The lowest BCUT2D eigenvalue weighted by atomic mass is 10.2. The fraction of sp³-hybridized carbons (Fsp3) is 0.700. The monoisotopic (exact) mass is 264 g/mol. The first kappa shape index (κ1) is 13.3. The van der Waals surface area contributed by atoms with Crippen molar-refractivity contribution in [1.82, 2.24) is 9.88 Å². The van der Waals surface area contributed by atoms with Crippen LogP contribution in [0, 0.1) is 0 Å². The van der Waals surface area contributed by atoms with Crippen molar-refractivity contribution >= 4 is 34.7 Å². The van der Waals surface area contributed by atoms with Gasteiger partial charge in [-0.25, -0.2) is 4.98 Å². The van der Waals surface area contributed by atoms with Gasteiger partial charge in [-0.3, -0.25) is 4.90 Å². The van der Waals surface area contributed by atoms with Crippen LogP contribution in [0.1, 0.15) is 18.2 Å². The Kier molecular flexibility index (Phi) is 5.97. The zero-order valence-electron chi connectivity index (χ0n) is 9.36. The minimum atomic E-state index is 0.610. The van der Waals surface area contributed by atoms with Crippen molar-refractivity contribution in [3.63, 3.8) is 0 Å². The van der Waals surface area contributed by atoms with Crippen LogP contribution in [0.25, 0.3) is 0 Å². The number of hydrogen-bond donors (Lipinski definition) is 0. The molecule has 1 rings (SSSR count). The highest BCUT2D eigenvalue weighted by atomic mass is 35.5. The SMILES string of the molecule is CSCCC(C)N(C)Cc1cnc(Cl)s1. The minimum Gasteiger partial charge on any atom is -0.299 e.